The number of urea groups is 1. The smallest absolute Gasteiger partial charge is 0.317 e. The second-order valence-electron chi connectivity index (χ2n) is 7.75. The zero-order valence-electron chi connectivity index (χ0n) is 14.8. The van der Waals surface area contributed by atoms with Crippen LogP contribution in [0.2, 0.25) is 0 Å². The fraction of sp³-hybridized carbons (Fsp3) is 0.737. The van der Waals surface area contributed by atoms with Crippen LogP contribution in [0.4, 0.5) is 4.79 Å². The lowest BCUT2D eigenvalue weighted by molar-refractivity contribution is 0.106. The summed E-state index contributed by atoms with van der Waals surface area (Å²) < 4.78 is 5.28. The maximum atomic E-state index is 12.7. The maximum Gasteiger partial charge on any atom is 0.317 e. The highest BCUT2D eigenvalue weighted by molar-refractivity contribution is 5.75. The van der Waals surface area contributed by atoms with Crippen LogP contribution >= 0.6 is 0 Å². The number of nitrogens with one attached hydrogen (secondary N) is 1. The first-order chi connectivity index (χ1) is 12.2. The van der Waals surface area contributed by atoms with Crippen molar-refractivity contribution in [3.63, 3.8) is 0 Å². The zero-order valence-corrected chi connectivity index (χ0v) is 14.8. The quantitative estimate of drug-likeness (QED) is 0.859. The fourth-order valence-corrected chi connectivity index (χ4v) is 4.31. The average Bonchev–Trinajstić information content (AvgIpc) is 3.12. The first-order valence-corrected chi connectivity index (χ1v) is 9.73. The van der Waals surface area contributed by atoms with Crippen molar-refractivity contribution >= 4 is 6.03 Å². The molecule has 2 amide bonds. The van der Waals surface area contributed by atoms with E-state index < -0.39 is 6.10 Å². The Bertz CT molecular complexity index is 564. The summed E-state index contributed by atoms with van der Waals surface area (Å²) in [7, 11) is 0. The molecule has 0 unspecified atom stereocenters. The number of aliphatic hydroxyl groups excluding tert-OH is 1. The first kappa shape index (κ1) is 16.9. The van der Waals surface area contributed by atoms with Gasteiger partial charge in [0.05, 0.1) is 6.26 Å². The number of hydrogen-bond donors (Lipinski definition) is 2. The van der Waals surface area contributed by atoms with Gasteiger partial charge in [-0.05, 0) is 50.7 Å². The molecule has 1 aliphatic carbocycles. The van der Waals surface area contributed by atoms with Gasteiger partial charge in [-0.15, -0.1) is 0 Å². The van der Waals surface area contributed by atoms with Gasteiger partial charge in [-0.3, -0.25) is 0 Å². The van der Waals surface area contributed by atoms with Crippen LogP contribution < -0.4 is 5.32 Å². The Morgan fingerprint density at radius 3 is 2.72 bits per heavy atom. The summed E-state index contributed by atoms with van der Waals surface area (Å²) in [4.78, 5) is 17.2. The molecule has 138 valence electrons. The van der Waals surface area contributed by atoms with Crippen LogP contribution in [0.1, 0.15) is 56.8 Å². The SMILES string of the molecule is O=C(NC1CCN(C2CC2)CC1)N1CCC[C@@H]1C[C@@H](O)c1ccco1. The van der Waals surface area contributed by atoms with E-state index in [0.717, 1.165) is 51.4 Å². The molecule has 2 atom stereocenters. The molecule has 2 N–H and O–H groups in total. The number of likely N-dealkylation sites (tertiary alicyclic amines) is 2. The highest BCUT2D eigenvalue weighted by Crippen LogP contribution is 2.30. The number of piperidine rings is 1. The van der Waals surface area contributed by atoms with Crippen molar-refractivity contribution in [2.24, 2.45) is 0 Å². The zero-order chi connectivity index (χ0) is 17.2. The molecular formula is C19H29N3O3. The standard InChI is InChI=1S/C19H29N3O3/c23-17(18-4-2-12-25-18)13-16-3-1-9-22(16)19(24)20-14-7-10-21(11-8-14)15-5-6-15/h2,4,12,14-17,23H,1,3,5-11,13H2,(H,20,24)/t16-,17-/m1/s1. The van der Waals surface area contributed by atoms with Gasteiger partial charge in [0.15, 0.2) is 0 Å². The molecule has 0 aromatic carbocycles. The van der Waals surface area contributed by atoms with E-state index in [1.54, 1.807) is 18.4 Å². The summed E-state index contributed by atoms with van der Waals surface area (Å²) in [5.74, 6) is 0.583. The molecule has 0 spiro atoms. The monoisotopic (exact) mass is 347 g/mol. The number of nitrogens with zero attached hydrogens (tertiary/aromatic N) is 2. The second kappa shape index (κ2) is 7.38. The van der Waals surface area contributed by atoms with E-state index in [0.29, 0.717) is 18.2 Å². The van der Waals surface area contributed by atoms with E-state index in [-0.39, 0.29) is 12.1 Å². The van der Waals surface area contributed by atoms with Gasteiger partial charge in [0.25, 0.3) is 0 Å². The highest BCUT2D eigenvalue weighted by Gasteiger charge is 2.35. The minimum atomic E-state index is -0.643. The number of furan rings is 1. The summed E-state index contributed by atoms with van der Waals surface area (Å²) in [5, 5.41) is 13.6. The fourth-order valence-electron chi connectivity index (χ4n) is 4.31. The van der Waals surface area contributed by atoms with Crippen molar-refractivity contribution < 1.29 is 14.3 Å². The van der Waals surface area contributed by atoms with Crippen LogP contribution in [0.15, 0.2) is 22.8 Å². The number of aliphatic hydroxyl groups is 1. The number of rotatable bonds is 5. The predicted octanol–water partition coefficient (Wildman–Crippen LogP) is 2.50. The molecule has 1 aromatic heterocycles. The van der Waals surface area contributed by atoms with E-state index in [1.807, 2.05) is 4.90 Å². The van der Waals surface area contributed by atoms with Gasteiger partial charge in [0.2, 0.25) is 0 Å². The van der Waals surface area contributed by atoms with Crippen molar-refractivity contribution in [3.8, 4) is 0 Å². The van der Waals surface area contributed by atoms with E-state index in [9.17, 15) is 9.90 Å². The van der Waals surface area contributed by atoms with Gasteiger partial charge in [-0.25, -0.2) is 4.79 Å². The summed E-state index contributed by atoms with van der Waals surface area (Å²) in [6.07, 6.45) is 8.23. The Morgan fingerprint density at radius 2 is 2.04 bits per heavy atom. The van der Waals surface area contributed by atoms with E-state index >= 15 is 0 Å². The minimum absolute atomic E-state index is 0.0408. The van der Waals surface area contributed by atoms with Gasteiger partial charge >= 0.3 is 6.03 Å². The summed E-state index contributed by atoms with van der Waals surface area (Å²) in [5.41, 5.74) is 0. The summed E-state index contributed by atoms with van der Waals surface area (Å²) >= 11 is 0. The number of carbonyl (C=O) groups is 1. The molecule has 3 aliphatic rings. The Morgan fingerprint density at radius 1 is 1.24 bits per heavy atom. The minimum Gasteiger partial charge on any atom is -0.467 e. The van der Waals surface area contributed by atoms with Crippen molar-refractivity contribution in [2.75, 3.05) is 19.6 Å². The average molecular weight is 347 g/mol. The van der Waals surface area contributed by atoms with Crippen LogP contribution in [0.25, 0.3) is 0 Å². The first-order valence-electron chi connectivity index (χ1n) is 9.73. The Balaban J connectivity index is 1.27. The van der Waals surface area contributed by atoms with E-state index in [4.69, 9.17) is 4.42 Å². The van der Waals surface area contributed by atoms with E-state index in [1.165, 1.54) is 12.8 Å². The summed E-state index contributed by atoms with van der Waals surface area (Å²) in [6.45, 7) is 2.99. The largest absolute Gasteiger partial charge is 0.467 e. The molecule has 3 heterocycles. The Labute approximate surface area is 149 Å². The van der Waals surface area contributed by atoms with Crippen LogP contribution in [-0.4, -0.2) is 58.7 Å². The molecule has 3 fully saturated rings. The molecule has 1 aromatic rings. The summed E-state index contributed by atoms with van der Waals surface area (Å²) in [6, 6.07) is 4.82. The van der Waals surface area contributed by atoms with Gasteiger partial charge < -0.3 is 24.6 Å². The molecule has 25 heavy (non-hydrogen) atoms. The molecular weight excluding hydrogens is 318 g/mol. The highest BCUT2D eigenvalue weighted by atomic mass is 16.4. The number of hydrogen-bond acceptors (Lipinski definition) is 4. The van der Waals surface area contributed by atoms with Crippen molar-refractivity contribution in [1.82, 2.24) is 15.1 Å². The number of carbonyl (C=O) groups excluding carboxylic acids is 1. The molecule has 4 rings (SSSR count). The van der Waals surface area contributed by atoms with Gasteiger partial charge in [0.1, 0.15) is 11.9 Å². The number of amides is 2. The molecule has 0 radical (unpaired) electrons. The normalized spacial score (nSPS) is 26.8. The lowest BCUT2D eigenvalue weighted by Gasteiger charge is -2.34. The maximum absolute atomic E-state index is 12.7. The van der Waals surface area contributed by atoms with Crippen LogP contribution in [0.5, 0.6) is 0 Å². The molecule has 2 saturated heterocycles. The lowest BCUT2D eigenvalue weighted by Crippen LogP contribution is -2.50. The van der Waals surface area contributed by atoms with Crippen molar-refractivity contribution in [1.29, 1.82) is 0 Å². The third-order valence-electron chi connectivity index (χ3n) is 5.93. The Hall–Kier alpha value is -1.53. The van der Waals surface area contributed by atoms with Crippen molar-refractivity contribution in [2.45, 2.75) is 69.2 Å². The van der Waals surface area contributed by atoms with Crippen LogP contribution in [-0.2, 0) is 0 Å². The molecule has 0 bridgehead atoms. The molecule has 1 saturated carbocycles. The third-order valence-corrected chi connectivity index (χ3v) is 5.93. The topological polar surface area (TPSA) is 69.0 Å². The van der Waals surface area contributed by atoms with E-state index in [2.05, 4.69) is 10.2 Å². The molecule has 2 aliphatic heterocycles. The lowest BCUT2D eigenvalue weighted by atomic mass is 10.0. The predicted molar refractivity (Wildman–Crippen MR) is 94.2 cm³/mol. The van der Waals surface area contributed by atoms with Gasteiger partial charge in [-0.1, -0.05) is 0 Å². The third kappa shape index (κ3) is 4.01. The molecule has 6 nitrogen and oxygen atoms in total. The second-order valence-corrected chi connectivity index (χ2v) is 7.75. The van der Waals surface area contributed by atoms with Crippen LogP contribution in [0.3, 0.4) is 0 Å². The van der Waals surface area contributed by atoms with Crippen molar-refractivity contribution in [3.05, 3.63) is 24.2 Å². The van der Waals surface area contributed by atoms with Gasteiger partial charge in [0, 0.05) is 44.2 Å². The van der Waals surface area contributed by atoms with Crippen LogP contribution in [0, 0.1) is 0 Å². The van der Waals surface area contributed by atoms with Gasteiger partial charge in [-0.2, -0.15) is 0 Å². The molecule has 6 heteroatoms. The Kier molecular flexibility index (Phi) is 4.99.